The molecule has 1 aromatic rings. The Hall–Kier alpha value is -1.78. The smallest absolute Gasteiger partial charge is 0.352 e. The van der Waals surface area contributed by atoms with Crippen molar-refractivity contribution < 1.29 is 14.7 Å². The van der Waals surface area contributed by atoms with E-state index in [2.05, 4.69) is 13.8 Å². The number of carbonyl (C=O) groups excluding carboxylic acids is 1. The molecule has 0 radical (unpaired) electrons. The Morgan fingerprint density at radius 1 is 1.32 bits per heavy atom. The van der Waals surface area contributed by atoms with Crippen molar-refractivity contribution in [2.24, 2.45) is 0 Å². The maximum Gasteiger partial charge on any atom is 0.352 e. The standard InChI is InChI=1S/C14H20N2O3/c1-10-5-3-6-11(2)16(10)13(17)9-15-8-4-7-12(15)14(18)19/h4,7-8,10-11H,3,5-6,9H2,1-2H3,(H,18,19)/t10-,11+. The van der Waals surface area contributed by atoms with Crippen LogP contribution in [0.25, 0.3) is 0 Å². The van der Waals surface area contributed by atoms with Crippen LogP contribution in [0, 0.1) is 0 Å². The third kappa shape index (κ3) is 2.80. The summed E-state index contributed by atoms with van der Waals surface area (Å²) >= 11 is 0. The molecule has 2 heterocycles. The number of nitrogens with zero attached hydrogens (tertiary/aromatic N) is 2. The van der Waals surface area contributed by atoms with Gasteiger partial charge in [-0.15, -0.1) is 0 Å². The number of carboxylic acid groups (broad SMARTS) is 1. The highest BCUT2D eigenvalue weighted by molar-refractivity contribution is 5.87. The van der Waals surface area contributed by atoms with Crippen molar-refractivity contribution in [3.63, 3.8) is 0 Å². The number of hydrogen-bond acceptors (Lipinski definition) is 2. The van der Waals surface area contributed by atoms with E-state index < -0.39 is 5.97 Å². The molecule has 0 aliphatic carbocycles. The second kappa shape index (κ2) is 5.47. The van der Waals surface area contributed by atoms with E-state index in [1.807, 2.05) is 4.90 Å². The van der Waals surface area contributed by atoms with Gasteiger partial charge in [0.05, 0.1) is 0 Å². The Balaban J connectivity index is 2.12. The zero-order valence-electron chi connectivity index (χ0n) is 11.4. The van der Waals surface area contributed by atoms with E-state index >= 15 is 0 Å². The van der Waals surface area contributed by atoms with Crippen LogP contribution in [0.4, 0.5) is 0 Å². The molecule has 1 N–H and O–H groups in total. The topological polar surface area (TPSA) is 62.5 Å². The fourth-order valence-electron chi connectivity index (χ4n) is 2.89. The van der Waals surface area contributed by atoms with Crippen molar-refractivity contribution in [1.82, 2.24) is 9.47 Å². The SMILES string of the molecule is C[C@@H]1CCC[C@H](C)N1C(=O)Cn1cccc1C(=O)O. The molecule has 0 bridgehead atoms. The first kappa shape index (κ1) is 13.6. The summed E-state index contributed by atoms with van der Waals surface area (Å²) in [4.78, 5) is 25.3. The third-order valence-corrected chi connectivity index (χ3v) is 3.84. The minimum atomic E-state index is -1.00. The lowest BCUT2D eigenvalue weighted by Crippen LogP contribution is -2.48. The van der Waals surface area contributed by atoms with E-state index in [9.17, 15) is 9.59 Å². The minimum Gasteiger partial charge on any atom is -0.477 e. The van der Waals surface area contributed by atoms with Gasteiger partial charge >= 0.3 is 5.97 Å². The fourth-order valence-corrected chi connectivity index (χ4v) is 2.89. The summed E-state index contributed by atoms with van der Waals surface area (Å²) in [6, 6.07) is 3.64. The van der Waals surface area contributed by atoms with Crippen LogP contribution in [0.2, 0.25) is 0 Å². The van der Waals surface area contributed by atoms with E-state index in [4.69, 9.17) is 5.11 Å². The predicted octanol–water partition coefficient (Wildman–Crippen LogP) is 1.98. The quantitative estimate of drug-likeness (QED) is 0.908. The molecule has 1 fully saturated rings. The molecule has 0 saturated carbocycles. The molecular formula is C14H20N2O3. The number of aromatic nitrogens is 1. The van der Waals surface area contributed by atoms with Gasteiger partial charge in [-0.05, 0) is 45.2 Å². The number of aromatic carboxylic acids is 1. The van der Waals surface area contributed by atoms with Crippen molar-refractivity contribution in [2.45, 2.75) is 51.7 Å². The molecule has 5 nitrogen and oxygen atoms in total. The first-order valence-corrected chi connectivity index (χ1v) is 6.70. The van der Waals surface area contributed by atoms with Crippen LogP contribution in [0.1, 0.15) is 43.6 Å². The van der Waals surface area contributed by atoms with Crippen LogP contribution < -0.4 is 0 Å². The zero-order chi connectivity index (χ0) is 14.0. The molecule has 1 amide bonds. The van der Waals surface area contributed by atoms with Gasteiger partial charge in [-0.1, -0.05) is 0 Å². The summed E-state index contributed by atoms with van der Waals surface area (Å²) in [5.41, 5.74) is 0.158. The summed E-state index contributed by atoms with van der Waals surface area (Å²) in [5, 5.41) is 9.04. The van der Waals surface area contributed by atoms with Crippen LogP contribution in [0.15, 0.2) is 18.3 Å². The van der Waals surface area contributed by atoms with Gasteiger partial charge in [0.1, 0.15) is 12.2 Å². The van der Waals surface area contributed by atoms with Gasteiger partial charge in [-0.3, -0.25) is 4.79 Å². The number of likely N-dealkylation sites (tertiary alicyclic amines) is 1. The average Bonchev–Trinajstić information content (AvgIpc) is 2.76. The van der Waals surface area contributed by atoms with Gasteiger partial charge in [-0.2, -0.15) is 0 Å². The molecule has 2 rings (SSSR count). The maximum absolute atomic E-state index is 12.4. The van der Waals surface area contributed by atoms with Gasteiger partial charge in [0.15, 0.2) is 0 Å². The first-order valence-electron chi connectivity index (χ1n) is 6.70. The lowest BCUT2D eigenvalue weighted by Gasteiger charge is -2.39. The van der Waals surface area contributed by atoms with Crippen LogP contribution >= 0.6 is 0 Å². The molecule has 0 aromatic carbocycles. The minimum absolute atomic E-state index is 0.00148. The Labute approximate surface area is 112 Å². The summed E-state index contributed by atoms with van der Waals surface area (Å²) in [7, 11) is 0. The van der Waals surface area contributed by atoms with Crippen molar-refractivity contribution in [1.29, 1.82) is 0 Å². The van der Waals surface area contributed by atoms with E-state index in [1.54, 1.807) is 12.3 Å². The molecule has 0 spiro atoms. The largest absolute Gasteiger partial charge is 0.477 e. The first-order chi connectivity index (χ1) is 9.00. The Bertz CT molecular complexity index is 471. The third-order valence-electron chi connectivity index (χ3n) is 3.84. The van der Waals surface area contributed by atoms with Gasteiger partial charge in [-0.25, -0.2) is 4.79 Å². The molecule has 19 heavy (non-hydrogen) atoms. The number of amides is 1. The summed E-state index contributed by atoms with van der Waals surface area (Å²) in [5.74, 6) is -1.00. The molecular weight excluding hydrogens is 244 g/mol. The maximum atomic E-state index is 12.4. The van der Waals surface area contributed by atoms with Crippen LogP contribution in [0.3, 0.4) is 0 Å². The molecule has 1 aromatic heterocycles. The van der Waals surface area contributed by atoms with Gasteiger partial charge in [0.25, 0.3) is 0 Å². The summed E-state index contributed by atoms with van der Waals surface area (Å²) in [6.45, 7) is 4.21. The van der Waals surface area contributed by atoms with Crippen molar-refractivity contribution in [3.8, 4) is 0 Å². The van der Waals surface area contributed by atoms with Gasteiger partial charge in [0, 0.05) is 18.3 Å². The van der Waals surface area contributed by atoms with Crippen molar-refractivity contribution in [2.75, 3.05) is 0 Å². The molecule has 1 aliphatic rings. The van der Waals surface area contributed by atoms with Crippen LogP contribution in [-0.2, 0) is 11.3 Å². The van der Waals surface area contributed by atoms with E-state index in [-0.39, 0.29) is 30.2 Å². The van der Waals surface area contributed by atoms with Gasteiger partial charge < -0.3 is 14.6 Å². The van der Waals surface area contributed by atoms with E-state index in [0.717, 1.165) is 19.3 Å². The van der Waals surface area contributed by atoms with E-state index in [0.29, 0.717) is 0 Å². The van der Waals surface area contributed by atoms with Crippen molar-refractivity contribution >= 4 is 11.9 Å². The Morgan fingerprint density at radius 2 is 1.95 bits per heavy atom. The second-order valence-electron chi connectivity index (χ2n) is 5.26. The fraction of sp³-hybridized carbons (Fsp3) is 0.571. The summed E-state index contributed by atoms with van der Waals surface area (Å²) in [6.07, 6.45) is 4.83. The normalized spacial score (nSPS) is 23.4. The number of hydrogen-bond donors (Lipinski definition) is 1. The summed E-state index contributed by atoms with van der Waals surface area (Å²) < 4.78 is 1.50. The monoisotopic (exact) mass is 264 g/mol. The van der Waals surface area contributed by atoms with Crippen LogP contribution in [0.5, 0.6) is 0 Å². The predicted molar refractivity (Wildman–Crippen MR) is 71.0 cm³/mol. The zero-order valence-corrected chi connectivity index (χ0v) is 11.4. The lowest BCUT2D eigenvalue weighted by atomic mass is 9.97. The Kier molecular flexibility index (Phi) is 3.93. The molecule has 104 valence electrons. The molecule has 0 unspecified atom stereocenters. The van der Waals surface area contributed by atoms with Crippen LogP contribution in [-0.4, -0.2) is 38.5 Å². The number of piperidine rings is 1. The van der Waals surface area contributed by atoms with Crippen molar-refractivity contribution in [3.05, 3.63) is 24.0 Å². The molecule has 1 saturated heterocycles. The second-order valence-corrected chi connectivity index (χ2v) is 5.26. The number of rotatable bonds is 3. The van der Waals surface area contributed by atoms with Gasteiger partial charge in [0.2, 0.25) is 5.91 Å². The lowest BCUT2D eigenvalue weighted by molar-refractivity contribution is -0.137. The number of carbonyl (C=O) groups is 2. The molecule has 5 heteroatoms. The average molecular weight is 264 g/mol. The molecule has 1 aliphatic heterocycles. The van der Waals surface area contributed by atoms with E-state index in [1.165, 1.54) is 10.6 Å². The number of carboxylic acids is 1. The highest BCUT2D eigenvalue weighted by atomic mass is 16.4. The highest BCUT2D eigenvalue weighted by Gasteiger charge is 2.29. The Morgan fingerprint density at radius 3 is 2.53 bits per heavy atom. The molecule has 2 atom stereocenters. The highest BCUT2D eigenvalue weighted by Crippen LogP contribution is 2.23.